The monoisotopic (exact) mass is 579 g/mol. The molecule has 0 fully saturated rings. The lowest BCUT2D eigenvalue weighted by Gasteiger charge is -2.32. The molecule has 0 aromatic heterocycles. The first-order chi connectivity index (χ1) is 19.4. The van der Waals surface area contributed by atoms with Gasteiger partial charge in [0.25, 0.3) is 10.0 Å². The summed E-state index contributed by atoms with van der Waals surface area (Å²) >= 11 is 0. The molecule has 41 heavy (non-hydrogen) atoms. The molecule has 0 saturated carbocycles. The van der Waals surface area contributed by atoms with E-state index in [9.17, 15) is 18.0 Å². The third-order valence-corrected chi connectivity index (χ3v) is 8.40. The molecular weight excluding hydrogens is 538 g/mol. The molecule has 0 spiro atoms. The first-order valence-corrected chi connectivity index (χ1v) is 15.3. The predicted molar refractivity (Wildman–Crippen MR) is 162 cm³/mol. The number of carbonyl (C=O) groups is 2. The SMILES string of the molecule is CCOc1ccc(S(=O)(=O)N(CC(=O)N(Cc2cccc(C)c2)[C@H](C)C(=O)NCC(C)C)c2ccc(C)cc2)cc1. The lowest BCUT2D eigenvalue weighted by molar-refractivity contribution is -0.139. The third kappa shape index (κ3) is 8.57. The zero-order valence-electron chi connectivity index (χ0n) is 24.8. The van der Waals surface area contributed by atoms with E-state index in [2.05, 4.69) is 5.32 Å². The Morgan fingerprint density at radius 3 is 2.15 bits per heavy atom. The van der Waals surface area contributed by atoms with E-state index in [4.69, 9.17) is 4.74 Å². The number of amides is 2. The van der Waals surface area contributed by atoms with Crippen molar-refractivity contribution in [3.63, 3.8) is 0 Å². The highest BCUT2D eigenvalue weighted by molar-refractivity contribution is 7.92. The van der Waals surface area contributed by atoms with Crippen LogP contribution in [0.4, 0.5) is 5.69 Å². The summed E-state index contributed by atoms with van der Waals surface area (Å²) in [4.78, 5) is 28.6. The van der Waals surface area contributed by atoms with Crippen molar-refractivity contribution in [2.45, 2.75) is 59.0 Å². The van der Waals surface area contributed by atoms with E-state index in [1.807, 2.05) is 58.9 Å². The Balaban J connectivity index is 2.00. The normalized spacial score (nSPS) is 12.1. The Kier molecular flexibility index (Phi) is 10.9. The topological polar surface area (TPSA) is 96.0 Å². The van der Waals surface area contributed by atoms with Crippen molar-refractivity contribution in [2.24, 2.45) is 5.92 Å². The van der Waals surface area contributed by atoms with Gasteiger partial charge in [-0.1, -0.05) is 61.4 Å². The number of ether oxygens (including phenoxy) is 1. The predicted octanol–water partition coefficient (Wildman–Crippen LogP) is 5.09. The quantitative estimate of drug-likeness (QED) is 0.305. The zero-order chi connectivity index (χ0) is 30.2. The molecule has 0 saturated heterocycles. The van der Waals surface area contributed by atoms with Crippen molar-refractivity contribution in [1.82, 2.24) is 10.2 Å². The number of carbonyl (C=O) groups excluding carboxylic acids is 2. The highest BCUT2D eigenvalue weighted by Gasteiger charge is 2.32. The summed E-state index contributed by atoms with van der Waals surface area (Å²) in [5, 5.41) is 2.90. The maximum absolute atomic E-state index is 14.0. The minimum Gasteiger partial charge on any atom is -0.494 e. The zero-order valence-corrected chi connectivity index (χ0v) is 25.6. The van der Waals surface area contributed by atoms with Crippen molar-refractivity contribution >= 4 is 27.5 Å². The smallest absolute Gasteiger partial charge is 0.264 e. The van der Waals surface area contributed by atoms with Crippen LogP contribution in [0, 0.1) is 19.8 Å². The lowest BCUT2D eigenvalue weighted by atomic mass is 10.1. The number of aryl methyl sites for hydroxylation is 2. The molecule has 3 aromatic rings. The second-order valence-electron chi connectivity index (χ2n) is 10.6. The van der Waals surface area contributed by atoms with E-state index in [1.165, 1.54) is 17.0 Å². The molecule has 1 atom stereocenters. The van der Waals surface area contributed by atoms with E-state index >= 15 is 0 Å². The van der Waals surface area contributed by atoms with Gasteiger partial charge in [0, 0.05) is 13.1 Å². The van der Waals surface area contributed by atoms with E-state index < -0.39 is 28.5 Å². The van der Waals surface area contributed by atoms with Gasteiger partial charge in [0.2, 0.25) is 11.8 Å². The largest absolute Gasteiger partial charge is 0.494 e. The van der Waals surface area contributed by atoms with Crippen LogP contribution in [-0.2, 0) is 26.2 Å². The molecule has 8 nitrogen and oxygen atoms in total. The van der Waals surface area contributed by atoms with Gasteiger partial charge in [-0.05, 0) is 75.6 Å². The molecule has 0 aliphatic carbocycles. The number of nitrogens with one attached hydrogen (secondary N) is 1. The van der Waals surface area contributed by atoms with E-state index in [1.54, 1.807) is 43.3 Å². The molecule has 220 valence electrons. The van der Waals surface area contributed by atoms with Crippen LogP contribution in [0.15, 0.2) is 77.7 Å². The Hall–Kier alpha value is -3.85. The van der Waals surface area contributed by atoms with Gasteiger partial charge in [0.15, 0.2) is 0 Å². The molecule has 3 rings (SSSR count). The number of nitrogens with zero attached hydrogens (tertiary/aromatic N) is 2. The summed E-state index contributed by atoms with van der Waals surface area (Å²) in [6.45, 7) is 12.0. The van der Waals surface area contributed by atoms with Crippen molar-refractivity contribution in [1.29, 1.82) is 0 Å². The Morgan fingerprint density at radius 1 is 0.902 bits per heavy atom. The van der Waals surface area contributed by atoms with Crippen molar-refractivity contribution < 1.29 is 22.7 Å². The fourth-order valence-corrected chi connectivity index (χ4v) is 5.70. The van der Waals surface area contributed by atoms with Gasteiger partial charge < -0.3 is 15.0 Å². The first kappa shape index (κ1) is 31.7. The van der Waals surface area contributed by atoms with Crippen molar-refractivity contribution in [3.05, 3.63) is 89.5 Å². The fraction of sp³-hybridized carbons (Fsp3) is 0.375. The molecule has 9 heteroatoms. The minimum atomic E-state index is -4.14. The standard InChI is InChI=1S/C32H41N3O5S/c1-7-40-29-15-17-30(18-16-29)41(38,39)35(28-13-11-24(4)12-14-28)22-31(36)34(21-27-10-8-9-25(5)19-27)26(6)32(37)33-20-23(2)3/h8-19,23,26H,7,20-22H2,1-6H3,(H,33,37)/t26-/m1/s1. The van der Waals surface area contributed by atoms with Gasteiger partial charge in [-0.3, -0.25) is 13.9 Å². The van der Waals surface area contributed by atoms with Gasteiger partial charge in [0.05, 0.1) is 17.2 Å². The average molecular weight is 580 g/mol. The number of hydrogen-bond donors (Lipinski definition) is 1. The minimum absolute atomic E-state index is 0.0299. The summed E-state index contributed by atoms with van der Waals surface area (Å²) in [6.07, 6.45) is 0. The summed E-state index contributed by atoms with van der Waals surface area (Å²) in [7, 11) is -4.14. The van der Waals surface area contributed by atoms with E-state index in [0.29, 0.717) is 24.6 Å². The molecule has 0 bridgehead atoms. The third-order valence-electron chi connectivity index (χ3n) is 6.61. The molecule has 0 radical (unpaired) electrons. The molecule has 0 aliphatic rings. The summed E-state index contributed by atoms with van der Waals surface area (Å²) in [5.74, 6) is 0.00286. The maximum atomic E-state index is 14.0. The number of benzene rings is 3. The molecular formula is C32H41N3O5S. The van der Waals surface area contributed by atoms with Gasteiger partial charge in [0.1, 0.15) is 18.3 Å². The summed E-state index contributed by atoms with van der Waals surface area (Å²) in [6, 6.07) is 20.0. The van der Waals surface area contributed by atoms with Gasteiger partial charge in [-0.25, -0.2) is 8.42 Å². The average Bonchev–Trinajstić information content (AvgIpc) is 2.94. The molecule has 0 unspecified atom stereocenters. The van der Waals surface area contributed by atoms with Crippen LogP contribution < -0.4 is 14.4 Å². The Labute approximate surface area is 244 Å². The fourth-order valence-electron chi connectivity index (χ4n) is 4.28. The van der Waals surface area contributed by atoms with Crippen LogP contribution in [0.25, 0.3) is 0 Å². The number of hydrogen-bond acceptors (Lipinski definition) is 5. The Morgan fingerprint density at radius 2 is 1.56 bits per heavy atom. The van der Waals surface area contributed by atoms with Gasteiger partial charge >= 0.3 is 0 Å². The van der Waals surface area contributed by atoms with Crippen LogP contribution in [0.2, 0.25) is 0 Å². The van der Waals surface area contributed by atoms with Crippen molar-refractivity contribution in [3.8, 4) is 5.75 Å². The second kappa shape index (κ2) is 14.2. The molecule has 1 N–H and O–H groups in total. The second-order valence-corrected chi connectivity index (χ2v) is 12.4. The van der Waals surface area contributed by atoms with Crippen LogP contribution in [0.3, 0.4) is 0 Å². The number of rotatable bonds is 13. The van der Waals surface area contributed by atoms with Crippen LogP contribution in [-0.4, -0.2) is 50.9 Å². The lowest BCUT2D eigenvalue weighted by Crippen LogP contribution is -2.51. The molecule has 3 aromatic carbocycles. The molecule has 0 aliphatic heterocycles. The van der Waals surface area contributed by atoms with E-state index in [-0.39, 0.29) is 23.3 Å². The van der Waals surface area contributed by atoms with Gasteiger partial charge in [-0.2, -0.15) is 0 Å². The maximum Gasteiger partial charge on any atom is 0.264 e. The Bertz CT molecular complexity index is 1420. The number of anilines is 1. The first-order valence-electron chi connectivity index (χ1n) is 13.9. The van der Waals surface area contributed by atoms with Crippen LogP contribution >= 0.6 is 0 Å². The van der Waals surface area contributed by atoms with E-state index in [0.717, 1.165) is 21.0 Å². The van der Waals surface area contributed by atoms with Gasteiger partial charge in [-0.15, -0.1) is 0 Å². The van der Waals surface area contributed by atoms with Crippen molar-refractivity contribution in [2.75, 3.05) is 24.0 Å². The van der Waals surface area contributed by atoms with Crippen LogP contribution in [0.5, 0.6) is 5.75 Å². The highest BCUT2D eigenvalue weighted by atomic mass is 32.2. The molecule has 0 heterocycles. The van der Waals surface area contributed by atoms with Crippen LogP contribution in [0.1, 0.15) is 44.4 Å². The summed E-state index contributed by atoms with van der Waals surface area (Å²) < 4.78 is 34.5. The highest BCUT2D eigenvalue weighted by Crippen LogP contribution is 2.26. The summed E-state index contributed by atoms with van der Waals surface area (Å²) in [5.41, 5.74) is 3.17. The molecule has 2 amide bonds. The number of sulfonamides is 1.